The Labute approximate surface area is 114 Å². The fourth-order valence-electron chi connectivity index (χ4n) is 2.14. The van der Waals surface area contributed by atoms with E-state index in [9.17, 15) is 13.5 Å². The van der Waals surface area contributed by atoms with Crippen LogP contribution in [0.25, 0.3) is 0 Å². The van der Waals surface area contributed by atoms with Crippen LogP contribution >= 0.6 is 0 Å². The van der Waals surface area contributed by atoms with Gasteiger partial charge in [0.25, 0.3) is 0 Å². The van der Waals surface area contributed by atoms with Crippen LogP contribution in [-0.4, -0.2) is 42.0 Å². The summed E-state index contributed by atoms with van der Waals surface area (Å²) in [5, 5.41) is 9.45. The number of rotatable bonds is 3. The number of hydrogen-bond donors (Lipinski definition) is 1. The zero-order valence-electron chi connectivity index (χ0n) is 11.3. The smallest absolute Gasteiger partial charge is 0.243 e. The Bertz CT molecular complexity index is 535. The molecule has 1 aliphatic heterocycles. The number of hydrogen-bond acceptors (Lipinski definition) is 4. The van der Waals surface area contributed by atoms with Crippen molar-refractivity contribution in [2.45, 2.75) is 43.6 Å². The molecule has 0 atom stereocenters. The van der Waals surface area contributed by atoms with E-state index in [1.165, 1.54) is 10.4 Å². The average molecular weight is 284 g/mol. The minimum absolute atomic E-state index is 0.193. The van der Waals surface area contributed by atoms with Gasteiger partial charge in [0.2, 0.25) is 10.0 Å². The summed E-state index contributed by atoms with van der Waals surface area (Å²) in [6.07, 6.45) is 2.17. The lowest BCUT2D eigenvalue weighted by atomic mass is 10.1. The Kier molecular flexibility index (Phi) is 4.23. The van der Waals surface area contributed by atoms with Crippen LogP contribution in [0.3, 0.4) is 0 Å². The van der Waals surface area contributed by atoms with E-state index in [2.05, 4.69) is 4.98 Å². The highest BCUT2D eigenvalue weighted by molar-refractivity contribution is 7.89. The third-order valence-electron chi connectivity index (χ3n) is 3.41. The predicted octanol–water partition coefficient (Wildman–Crippen LogP) is 1.35. The zero-order valence-corrected chi connectivity index (χ0v) is 12.1. The number of nitrogens with zero attached hydrogens (tertiary/aromatic N) is 2. The molecular formula is C13H20N2O3S. The predicted molar refractivity (Wildman–Crippen MR) is 72.3 cm³/mol. The number of aliphatic hydroxyl groups excluding tert-OH is 1. The van der Waals surface area contributed by atoms with Crippen molar-refractivity contribution in [2.75, 3.05) is 13.1 Å². The Morgan fingerprint density at radius 1 is 1.37 bits per heavy atom. The minimum Gasteiger partial charge on any atom is -0.393 e. The van der Waals surface area contributed by atoms with Gasteiger partial charge in [0, 0.05) is 25.0 Å². The van der Waals surface area contributed by atoms with Crippen LogP contribution in [0.2, 0.25) is 0 Å². The molecule has 0 radical (unpaired) electrons. The van der Waals surface area contributed by atoms with Crippen LogP contribution in [0.4, 0.5) is 0 Å². The SMILES string of the molecule is CC(C)c1cc(S(=O)(=O)N2CCC(O)CC2)ccn1. The summed E-state index contributed by atoms with van der Waals surface area (Å²) < 4.78 is 26.4. The maximum atomic E-state index is 12.5. The number of aromatic nitrogens is 1. The molecule has 1 aromatic rings. The van der Waals surface area contributed by atoms with Gasteiger partial charge < -0.3 is 5.11 Å². The van der Waals surface area contributed by atoms with Crippen molar-refractivity contribution in [3.8, 4) is 0 Å². The molecule has 2 heterocycles. The Morgan fingerprint density at radius 3 is 2.58 bits per heavy atom. The van der Waals surface area contributed by atoms with Crippen LogP contribution in [-0.2, 0) is 10.0 Å². The summed E-state index contributed by atoms with van der Waals surface area (Å²) in [7, 11) is -3.46. The van der Waals surface area contributed by atoms with E-state index in [-0.39, 0.29) is 12.0 Å². The first-order valence-electron chi connectivity index (χ1n) is 6.55. The van der Waals surface area contributed by atoms with Crippen molar-refractivity contribution in [3.63, 3.8) is 0 Å². The van der Waals surface area contributed by atoms with E-state index in [0.29, 0.717) is 30.8 Å². The molecule has 1 saturated heterocycles. The van der Waals surface area contributed by atoms with Gasteiger partial charge in [0.15, 0.2) is 0 Å². The van der Waals surface area contributed by atoms with Gasteiger partial charge in [-0.1, -0.05) is 13.8 Å². The van der Waals surface area contributed by atoms with Crippen LogP contribution in [0, 0.1) is 0 Å². The number of piperidine rings is 1. The molecule has 1 aliphatic rings. The molecule has 2 rings (SSSR count). The van der Waals surface area contributed by atoms with Crippen LogP contribution < -0.4 is 0 Å². The first-order chi connectivity index (χ1) is 8.91. The summed E-state index contributed by atoms with van der Waals surface area (Å²) in [4.78, 5) is 4.48. The van der Waals surface area contributed by atoms with Crippen molar-refractivity contribution in [3.05, 3.63) is 24.0 Å². The second-order valence-electron chi connectivity index (χ2n) is 5.21. The molecule has 0 spiro atoms. The maximum Gasteiger partial charge on any atom is 0.243 e. The molecule has 106 valence electrons. The van der Waals surface area contributed by atoms with Crippen molar-refractivity contribution >= 4 is 10.0 Å². The third kappa shape index (κ3) is 3.13. The van der Waals surface area contributed by atoms with E-state index in [4.69, 9.17) is 0 Å². The standard InChI is InChI=1S/C13H20N2O3S/c1-10(2)13-9-12(3-6-14-13)19(17,18)15-7-4-11(16)5-8-15/h3,6,9-11,16H,4-5,7-8H2,1-2H3. The Balaban J connectivity index is 2.26. The van der Waals surface area contributed by atoms with Crippen molar-refractivity contribution in [1.29, 1.82) is 0 Å². The molecule has 0 aliphatic carbocycles. The van der Waals surface area contributed by atoms with Gasteiger partial charge in [-0.2, -0.15) is 4.31 Å². The number of aliphatic hydroxyl groups is 1. The Morgan fingerprint density at radius 2 is 2.00 bits per heavy atom. The fraction of sp³-hybridized carbons (Fsp3) is 0.615. The Hall–Kier alpha value is -0.980. The van der Waals surface area contributed by atoms with Gasteiger partial charge in [0.05, 0.1) is 11.0 Å². The summed E-state index contributed by atoms with van der Waals surface area (Å²) in [5.74, 6) is 0.193. The lowest BCUT2D eigenvalue weighted by molar-refractivity contribution is 0.113. The second-order valence-corrected chi connectivity index (χ2v) is 7.14. The monoisotopic (exact) mass is 284 g/mol. The van der Waals surface area contributed by atoms with Gasteiger partial charge in [-0.05, 0) is 30.9 Å². The molecule has 1 fully saturated rings. The number of pyridine rings is 1. The van der Waals surface area contributed by atoms with E-state index in [1.54, 1.807) is 12.3 Å². The molecule has 6 heteroatoms. The van der Waals surface area contributed by atoms with Gasteiger partial charge in [-0.15, -0.1) is 0 Å². The normalized spacial score (nSPS) is 18.9. The first-order valence-corrected chi connectivity index (χ1v) is 7.99. The van der Waals surface area contributed by atoms with Crippen LogP contribution in [0.1, 0.15) is 38.3 Å². The summed E-state index contributed by atoms with van der Waals surface area (Å²) in [6.45, 7) is 4.72. The fourth-order valence-corrected chi connectivity index (χ4v) is 3.63. The van der Waals surface area contributed by atoms with E-state index >= 15 is 0 Å². The lowest BCUT2D eigenvalue weighted by Crippen LogP contribution is -2.40. The van der Waals surface area contributed by atoms with Crippen LogP contribution in [0.15, 0.2) is 23.2 Å². The second kappa shape index (κ2) is 5.56. The molecule has 19 heavy (non-hydrogen) atoms. The van der Waals surface area contributed by atoms with Crippen LogP contribution in [0.5, 0.6) is 0 Å². The van der Waals surface area contributed by atoms with Gasteiger partial charge in [-0.25, -0.2) is 8.42 Å². The van der Waals surface area contributed by atoms with Gasteiger partial charge in [0.1, 0.15) is 0 Å². The van der Waals surface area contributed by atoms with E-state index in [0.717, 1.165) is 5.69 Å². The molecule has 0 unspecified atom stereocenters. The van der Waals surface area contributed by atoms with Gasteiger partial charge in [-0.3, -0.25) is 4.98 Å². The molecule has 0 amide bonds. The highest BCUT2D eigenvalue weighted by Gasteiger charge is 2.28. The quantitative estimate of drug-likeness (QED) is 0.909. The zero-order chi connectivity index (χ0) is 14.0. The first kappa shape index (κ1) is 14.4. The topological polar surface area (TPSA) is 70.5 Å². The summed E-state index contributed by atoms with van der Waals surface area (Å²) in [6, 6.07) is 3.18. The summed E-state index contributed by atoms with van der Waals surface area (Å²) >= 11 is 0. The highest BCUT2D eigenvalue weighted by atomic mass is 32.2. The third-order valence-corrected chi connectivity index (χ3v) is 5.30. The lowest BCUT2D eigenvalue weighted by Gasteiger charge is -2.28. The van der Waals surface area contributed by atoms with Crippen molar-refractivity contribution in [1.82, 2.24) is 9.29 Å². The molecule has 5 nitrogen and oxygen atoms in total. The van der Waals surface area contributed by atoms with E-state index in [1.807, 2.05) is 13.8 Å². The summed E-state index contributed by atoms with van der Waals surface area (Å²) in [5.41, 5.74) is 0.776. The maximum absolute atomic E-state index is 12.5. The van der Waals surface area contributed by atoms with Gasteiger partial charge >= 0.3 is 0 Å². The molecule has 1 N–H and O–H groups in total. The largest absolute Gasteiger partial charge is 0.393 e. The highest BCUT2D eigenvalue weighted by Crippen LogP contribution is 2.22. The average Bonchev–Trinajstić information content (AvgIpc) is 2.39. The molecule has 0 aromatic carbocycles. The van der Waals surface area contributed by atoms with Crippen molar-refractivity contribution in [2.24, 2.45) is 0 Å². The molecular weight excluding hydrogens is 264 g/mol. The molecule has 0 saturated carbocycles. The van der Waals surface area contributed by atoms with E-state index < -0.39 is 10.0 Å². The number of sulfonamides is 1. The molecule has 0 bridgehead atoms. The minimum atomic E-state index is -3.46. The van der Waals surface area contributed by atoms with Crippen molar-refractivity contribution < 1.29 is 13.5 Å². The molecule has 1 aromatic heterocycles.